The maximum atomic E-state index is 5.24. The highest BCUT2D eigenvalue weighted by Crippen LogP contribution is 2.10. The summed E-state index contributed by atoms with van der Waals surface area (Å²) in [4.78, 5) is 2.49. The Morgan fingerprint density at radius 2 is 1.76 bits per heavy atom. The monoisotopic (exact) mass is 244 g/mol. The molecule has 0 radical (unpaired) electrons. The first kappa shape index (κ1) is 16.9. The molecular formula is C14H32N2O. The molecule has 2 atom stereocenters. The van der Waals surface area contributed by atoms with Gasteiger partial charge in [0.2, 0.25) is 0 Å². The fraction of sp³-hybridized carbons (Fsp3) is 1.00. The van der Waals surface area contributed by atoms with Crippen molar-refractivity contribution < 1.29 is 4.74 Å². The van der Waals surface area contributed by atoms with Gasteiger partial charge in [-0.05, 0) is 40.7 Å². The Kier molecular flexibility index (Phi) is 8.01. The van der Waals surface area contributed by atoms with Gasteiger partial charge in [0.05, 0.1) is 6.61 Å². The lowest BCUT2D eigenvalue weighted by Gasteiger charge is -2.35. The molecule has 104 valence electrons. The topological polar surface area (TPSA) is 24.5 Å². The van der Waals surface area contributed by atoms with Crippen LogP contribution in [0.5, 0.6) is 0 Å². The molecule has 0 rings (SSSR count). The van der Waals surface area contributed by atoms with Crippen LogP contribution in [-0.4, -0.2) is 49.3 Å². The molecule has 0 saturated heterocycles. The summed E-state index contributed by atoms with van der Waals surface area (Å²) in [6.07, 6.45) is 1.15. The van der Waals surface area contributed by atoms with Gasteiger partial charge in [0.25, 0.3) is 0 Å². The Balaban J connectivity index is 4.21. The zero-order chi connectivity index (χ0) is 13.5. The standard InChI is InChI=1S/C14H32N2O/c1-8-14(5,6)15-10-12(3)16(9-2)13(4)11-17-7/h12-13,15H,8-11H2,1-7H3. The predicted octanol–water partition coefficient (Wildman–Crippen LogP) is 2.51. The van der Waals surface area contributed by atoms with Gasteiger partial charge in [0.1, 0.15) is 0 Å². The van der Waals surface area contributed by atoms with Crippen molar-refractivity contribution in [3.63, 3.8) is 0 Å². The summed E-state index contributed by atoms with van der Waals surface area (Å²) < 4.78 is 5.24. The number of hydrogen-bond acceptors (Lipinski definition) is 3. The van der Waals surface area contributed by atoms with E-state index in [-0.39, 0.29) is 5.54 Å². The van der Waals surface area contributed by atoms with Crippen molar-refractivity contribution >= 4 is 0 Å². The first-order valence-electron chi connectivity index (χ1n) is 6.87. The molecule has 1 N–H and O–H groups in total. The van der Waals surface area contributed by atoms with Gasteiger partial charge in [-0.2, -0.15) is 0 Å². The van der Waals surface area contributed by atoms with Crippen LogP contribution in [0.15, 0.2) is 0 Å². The van der Waals surface area contributed by atoms with E-state index in [0.717, 1.165) is 26.1 Å². The molecule has 0 aliphatic rings. The lowest BCUT2D eigenvalue weighted by Crippen LogP contribution is -2.50. The van der Waals surface area contributed by atoms with Gasteiger partial charge in [-0.3, -0.25) is 4.90 Å². The number of rotatable bonds is 9. The van der Waals surface area contributed by atoms with Crippen molar-refractivity contribution in [1.82, 2.24) is 10.2 Å². The maximum Gasteiger partial charge on any atom is 0.0615 e. The van der Waals surface area contributed by atoms with E-state index in [4.69, 9.17) is 4.74 Å². The van der Waals surface area contributed by atoms with Gasteiger partial charge < -0.3 is 10.1 Å². The molecule has 17 heavy (non-hydrogen) atoms. The first-order valence-corrected chi connectivity index (χ1v) is 6.87. The number of nitrogens with zero attached hydrogens (tertiary/aromatic N) is 1. The number of hydrogen-bond donors (Lipinski definition) is 1. The molecular weight excluding hydrogens is 212 g/mol. The number of nitrogens with one attached hydrogen (secondary N) is 1. The van der Waals surface area contributed by atoms with Crippen molar-refractivity contribution in [2.45, 2.75) is 65.6 Å². The maximum absolute atomic E-state index is 5.24. The summed E-state index contributed by atoms with van der Waals surface area (Å²) in [7, 11) is 1.77. The van der Waals surface area contributed by atoms with Gasteiger partial charge in [-0.25, -0.2) is 0 Å². The minimum atomic E-state index is 0.234. The number of methoxy groups -OCH3 is 1. The highest BCUT2D eigenvalue weighted by atomic mass is 16.5. The highest BCUT2D eigenvalue weighted by molar-refractivity contribution is 4.80. The normalized spacial score (nSPS) is 16.2. The lowest BCUT2D eigenvalue weighted by molar-refractivity contribution is 0.0756. The average molecular weight is 244 g/mol. The van der Waals surface area contributed by atoms with Crippen LogP contribution in [0.3, 0.4) is 0 Å². The molecule has 0 saturated carbocycles. The third-order valence-corrected chi connectivity index (χ3v) is 3.67. The first-order chi connectivity index (χ1) is 7.87. The van der Waals surface area contributed by atoms with E-state index in [2.05, 4.69) is 51.8 Å². The SMILES string of the molecule is CCN(C(C)CNC(C)(C)CC)C(C)COC. The molecule has 0 heterocycles. The van der Waals surface area contributed by atoms with E-state index in [0.29, 0.717) is 12.1 Å². The molecule has 3 nitrogen and oxygen atoms in total. The van der Waals surface area contributed by atoms with Gasteiger partial charge in [0.15, 0.2) is 0 Å². The Morgan fingerprint density at radius 1 is 1.18 bits per heavy atom. The summed E-state index contributed by atoms with van der Waals surface area (Å²) in [5.41, 5.74) is 0.234. The lowest BCUT2D eigenvalue weighted by atomic mass is 10.0. The third-order valence-electron chi connectivity index (χ3n) is 3.67. The van der Waals surface area contributed by atoms with Crippen molar-refractivity contribution in [1.29, 1.82) is 0 Å². The predicted molar refractivity (Wildman–Crippen MR) is 75.6 cm³/mol. The molecule has 0 amide bonds. The number of likely N-dealkylation sites (N-methyl/N-ethyl adjacent to an activating group) is 1. The smallest absolute Gasteiger partial charge is 0.0615 e. The molecule has 2 unspecified atom stereocenters. The second kappa shape index (κ2) is 8.06. The van der Waals surface area contributed by atoms with Crippen molar-refractivity contribution in [2.75, 3.05) is 26.8 Å². The molecule has 0 aromatic carbocycles. The molecule has 0 spiro atoms. The Hall–Kier alpha value is -0.120. The van der Waals surface area contributed by atoms with Crippen LogP contribution in [0.1, 0.15) is 48.0 Å². The van der Waals surface area contributed by atoms with E-state index >= 15 is 0 Å². The summed E-state index contributed by atoms with van der Waals surface area (Å²) >= 11 is 0. The fourth-order valence-corrected chi connectivity index (χ4v) is 2.06. The van der Waals surface area contributed by atoms with E-state index in [9.17, 15) is 0 Å². The summed E-state index contributed by atoms with van der Waals surface area (Å²) in [6, 6.07) is 1.02. The van der Waals surface area contributed by atoms with Crippen molar-refractivity contribution in [3.8, 4) is 0 Å². The van der Waals surface area contributed by atoms with Crippen molar-refractivity contribution in [2.24, 2.45) is 0 Å². The highest BCUT2D eigenvalue weighted by Gasteiger charge is 2.21. The molecule has 0 aromatic rings. The van der Waals surface area contributed by atoms with E-state index in [1.165, 1.54) is 0 Å². The number of ether oxygens (including phenoxy) is 1. The van der Waals surface area contributed by atoms with Gasteiger partial charge in [0, 0.05) is 31.3 Å². The quantitative estimate of drug-likeness (QED) is 0.674. The van der Waals surface area contributed by atoms with Crippen LogP contribution in [0.25, 0.3) is 0 Å². The Bertz CT molecular complexity index is 195. The summed E-state index contributed by atoms with van der Waals surface area (Å²) in [6.45, 7) is 16.4. The average Bonchev–Trinajstić information content (AvgIpc) is 2.28. The molecule has 0 aromatic heterocycles. The summed E-state index contributed by atoms with van der Waals surface area (Å²) in [5.74, 6) is 0. The van der Waals surface area contributed by atoms with E-state index < -0.39 is 0 Å². The molecule has 0 aliphatic heterocycles. The second-order valence-electron chi connectivity index (χ2n) is 5.60. The Labute approximate surface area is 108 Å². The third kappa shape index (κ3) is 6.39. The van der Waals surface area contributed by atoms with Crippen molar-refractivity contribution in [3.05, 3.63) is 0 Å². The van der Waals surface area contributed by atoms with Crippen LogP contribution in [-0.2, 0) is 4.74 Å². The van der Waals surface area contributed by atoms with Crippen LogP contribution in [0.2, 0.25) is 0 Å². The van der Waals surface area contributed by atoms with Crippen LogP contribution < -0.4 is 5.32 Å². The van der Waals surface area contributed by atoms with E-state index in [1.54, 1.807) is 7.11 Å². The zero-order valence-corrected chi connectivity index (χ0v) is 12.8. The molecule has 0 bridgehead atoms. The largest absolute Gasteiger partial charge is 0.383 e. The van der Waals surface area contributed by atoms with Crippen LogP contribution >= 0.6 is 0 Å². The zero-order valence-electron chi connectivity index (χ0n) is 12.8. The fourth-order valence-electron chi connectivity index (χ4n) is 2.06. The molecule has 0 fully saturated rings. The minimum absolute atomic E-state index is 0.234. The minimum Gasteiger partial charge on any atom is -0.383 e. The van der Waals surface area contributed by atoms with E-state index in [1.807, 2.05) is 0 Å². The molecule has 0 aliphatic carbocycles. The van der Waals surface area contributed by atoms with Crippen LogP contribution in [0.4, 0.5) is 0 Å². The summed E-state index contributed by atoms with van der Waals surface area (Å²) in [5, 5.41) is 3.64. The second-order valence-corrected chi connectivity index (χ2v) is 5.60. The van der Waals surface area contributed by atoms with Gasteiger partial charge in [-0.15, -0.1) is 0 Å². The Morgan fingerprint density at radius 3 is 2.18 bits per heavy atom. The van der Waals surface area contributed by atoms with Crippen LogP contribution in [0, 0.1) is 0 Å². The molecule has 3 heteroatoms. The van der Waals surface area contributed by atoms with Gasteiger partial charge >= 0.3 is 0 Å². The van der Waals surface area contributed by atoms with Gasteiger partial charge in [-0.1, -0.05) is 13.8 Å².